The van der Waals surface area contributed by atoms with E-state index in [-0.39, 0.29) is 0 Å². The van der Waals surface area contributed by atoms with E-state index in [0.29, 0.717) is 6.04 Å². The Morgan fingerprint density at radius 1 is 1.32 bits per heavy atom. The summed E-state index contributed by atoms with van der Waals surface area (Å²) in [4.78, 5) is 0. The van der Waals surface area contributed by atoms with Gasteiger partial charge in [0.25, 0.3) is 0 Å². The second-order valence-electron chi connectivity index (χ2n) is 5.33. The van der Waals surface area contributed by atoms with E-state index in [2.05, 4.69) is 58.5 Å². The molecule has 1 unspecified atom stereocenters. The number of halogens is 1. The number of allylic oxidation sites excluding steroid dienone is 1. The van der Waals surface area contributed by atoms with E-state index in [1.54, 1.807) is 5.57 Å². The van der Waals surface area contributed by atoms with E-state index in [1.807, 2.05) is 0 Å². The molecular formula is C17H24BrN. The largest absolute Gasteiger partial charge is 0.310 e. The van der Waals surface area contributed by atoms with Crippen LogP contribution < -0.4 is 5.32 Å². The van der Waals surface area contributed by atoms with Gasteiger partial charge < -0.3 is 5.32 Å². The highest BCUT2D eigenvalue weighted by molar-refractivity contribution is 9.10. The second-order valence-corrected chi connectivity index (χ2v) is 6.24. The topological polar surface area (TPSA) is 12.0 Å². The van der Waals surface area contributed by atoms with Crippen molar-refractivity contribution in [3.05, 3.63) is 46.0 Å². The molecule has 0 aromatic heterocycles. The Labute approximate surface area is 125 Å². The van der Waals surface area contributed by atoms with Gasteiger partial charge in [-0.05, 0) is 62.8 Å². The third-order valence-electron chi connectivity index (χ3n) is 3.88. The van der Waals surface area contributed by atoms with Gasteiger partial charge in [-0.25, -0.2) is 0 Å². The standard InChI is InChI=1S/C17H24BrN/c1-2-17(15-9-6-10-16(18)13-15)19-12-11-14-7-4-3-5-8-14/h6-7,9-10,13,17,19H,2-5,8,11-12H2,1H3. The van der Waals surface area contributed by atoms with Crippen LogP contribution in [-0.2, 0) is 0 Å². The first kappa shape index (κ1) is 14.8. The maximum Gasteiger partial charge on any atom is 0.0318 e. The molecule has 1 aromatic rings. The van der Waals surface area contributed by atoms with Gasteiger partial charge in [-0.1, -0.05) is 46.6 Å². The summed E-state index contributed by atoms with van der Waals surface area (Å²) >= 11 is 3.55. The highest BCUT2D eigenvalue weighted by atomic mass is 79.9. The summed E-state index contributed by atoms with van der Waals surface area (Å²) < 4.78 is 1.17. The first-order valence-electron chi connectivity index (χ1n) is 7.46. The summed E-state index contributed by atoms with van der Waals surface area (Å²) in [5.74, 6) is 0. The minimum absolute atomic E-state index is 0.474. The molecule has 0 amide bonds. The van der Waals surface area contributed by atoms with Gasteiger partial charge in [0.05, 0.1) is 0 Å². The van der Waals surface area contributed by atoms with Crippen LogP contribution in [0.5, 0.6) is 0 Å². The number of rotatable bonds is 6. The Balaban J connectivity index is 1.84. The third kappa shape index (κ3) is 4.77. The Kier molecular flexibility index (Phi) is 6.12. The van der Waals surface area contributed by atoms with Gasteiger partial charge in [0.2, 0.25) is 0 Å². The van der Waals surface area contributed by atoms with Crippen molar-refractivity contribution in [3.8, 4) is 0 Å². The zero-order chi connectivity index (χ0) is 13.5. The van der Waals surface area contributed by atoms with Gasteiger partial charge in [0, 0.05) is 10.5 Å². The molecule has 0 radical (unpaired) electrons. The van der Waals surface area contributed by atoms with E-state index in [0.717, 1.165) is 13.0 Å². The van der Waals surface area contributed by atoms with Crippen molar-refractivity contribution in [2.75, 3.05) is 6.54 Å². The van der Waals surface area contributed by atoms with Crippen LogP contribution in [-0.4, -0.2) is 6.54 Å². The molecule has 0 heterocycles. The van der Waals surface area contributed by atoms with Crippen molar-refractivity contribution < 1.29 is 0 Å². The van der Waals surface area contributed by atoms with E-state index in [4.69, 9.17) is 0 Å². The lowest BCUT2D eigenvalue weighted by molar-refractivity contribution is 0.515. The van der Waals surface area contributed by atoms with Gasteiger partial charge in [-0.2, -0.15) is 0 Å². The Morgan fingerprint density at radius 3 is 2.89 bits per heavy atom. The molecule has 1 N–H and O–H groups in total. The molecule has 0 aliphatic heterocycles. The van der Waals surface area contributed by atoms with Crippen LogP contribution >= 0.6 is 15.9 Å². The Bertz CT molecular complexity index is 425. The molecule has 19 heavy (non-hydrogen) atoms. The van der Waals surface area contributed by atoms with Crippen molar-refractivity contribution in [2.45, 2.75) is 51.5 Å². The van der Waals surface area contributed by atoms with E-state index in [1.165, 1.54) is 42.1 Å². The zero-order valence-corrected chi connectivity index (χ0v) is 13.4. The average Bonchev–Trinajstić information content (AvgIpc) is 2.45. The monoisotopic (exact) mass is 321 g/mol. The van der Waals surface area contributed by atoms with Crippen LogP contribution in [0.15, 0.2) is 40.4 Å². The molecule has 1 nitrogen and oxygen atoms in total. The fraction of sp³-hybridized carbons (Fsp3) is 0.529. The molecular weight excluding hydrogens is 298 g/mol. The first-order chi connectivity index (χ1) is 9.29. The number of hydrogen-bond acceptors (Lipinski definition) is 1. The van der Waals surface area contributed by atoms with Gasteiger partial charge in [-0.3, -0.25) is 0 Å². The molecule has 2 heteroatoms. The van der Waals surface area contributed by atoms with Crippen LogP contribution in [0.4, 0.5) is 0 Å². The molecule has 0 bridgehead atoms. The SMILES string of the molecule is CCC(NCCC1=CCCCC1)c1cccc(Br)c1. The minimum Gasteiger partial charge on any atom is -0.310 e. The van der Waals surface area contributed by atoms with Crippen LogP contribution in [0, 0.1) is 0 Å². The molecule has 0 saturated heterocycles. The van der Waals surface area contributed by atoms with E-state index < -0.39 is 0 Å². The molecule has 0 saturated carbocycles. The van der Waals surface area contributed by atoms with E-state index in [9.17, 15) is 0 Å². The average molecular weight is 322 g/mol. The minimum atomic E-state index is 0.474. The number of nitrogens with one attached hydrogen (secondary N) is 1. The molecule has 0 fully saturated rings. The summed E-state index contributed by atoms with van der Waals surface area (Å²) in [6.07, 6.45) is 10.2. The van der Waals surface area contributed by atoms with Crippen molar-refractivity contribution in [1.82, 2.24) is 5.32 Å². The number of benzene rings is 1. The van der Waals surface area contributed by atoms with Crippen molar-refractivity contribution >= 4 is 15.9 Å². The molecule has 2 rings (SSSR count). The Morgan fingerprint density at radius 2 is 2.21 bits per heavy atom. The predicted molar refractivity (Wildman–Crippen MR) is 86.3 cm³/mol. The van der Waals surface area contributed by atoms with Crippen LogP contribution in [0.2, 0.25) is 0 Å². The van der Waals surface area contributed by atoms with Crippen molar-refractivity contribution in [1.29, 1.82) is 0 Å². The lowest BCUT2D eigenvalue weighted by Gasteiger charge is -2.19. The highest BCUT2D eigenvalue weighted by Gasteiger charge is 2.09. The second kappa shape index (κ2) is 7.86. The van der Waals surface area contributed by atoms with Gasteiger partial charge in [0.15, 0.2) is 0 Å². The summed E-state index contributed by atoms with van der Waals surface area (Å²) in [7, 11) is 0. The maximum absolute atomic E-state index is 3.70. The molecule has 104 valence electrons. The molecule has 1 aromatic carbocycles. The highest BCUT2D eigenvalue weighted by Crippen LogP contribution is 2.22. The smallest absolute Gasteiger partial charge is 0.0318 e. The van der Waals surface area contributed by atoms with Gasteiger partial charge >= 0.3 is 0 Å². The van der Waals surface area contributed by atoms with E-state index >= 15 is 0 Å². The molecule has 1 aliphatic rings. The van der Waals surface area contributed by atoms with Crippen LogP contribution in [0.1, 0.15) is 57.1 Å². The summed E-state index contributed by atoms with van der Waals surface area (Å²) in [5.41, 5.74) is 3.04. The molecule has 1 atom stereocenters. The van der Waals surface area contributed by atoms with Crippen molar-refractivity contribution in [3.63, 3.8) is 0 Å². The normalized spacial score (nSPS) is 17.1. The van der Waals surface area contributed by atoms with Crippen LogP contribution in [0.3, 0.4) is 0 Å². The summed E-state index contributed by atoms with van der Waals surface area (Å²) in [6.45, 7) is 3.34. The predicted octanol–water partition coefficient (Wildman–Crippen LogP) is 5.38. The maximum atomic E-state index is 3.70. The molecule has 0 spiro atoms. The lowest BCUT2D eigenvalue weighted by atomic mass is 9.97. The summed E-state index contributed by atoms with van der Waals surface area (Å²) in [5, 5.41) is 3.70. The summed E-state index contributed by atoms with van der Waals surface area (Å²) in [6, 6.07) is 9.12. The fourth-order valence-electron chi connectivity index (χ4n) is 2.76. The first-order valence-corrected chi connectivity index (χ1v) is 8.25. The quantitative estimate of drug-likeness (QED) is 0.693. The third-order valence-corrected chi connectivity index (χ3v) is 4.37. The van der Waals surface area contributed by atoms with Crippen molar-refractivity contribution in [2.24, 2.45) is 0 Å². The zero-order valence-electron chi connectivity index (χ0n) is 11.8. The lowest BCUT2D eigenvalue weighted by Crippen LogP contribution is -2.22. The number of hydrogen-bond donors (Lipinski definition) is 1. The Hall–Kier alpha value is -0.600. The fourth-order valence-corrected chi connectivity index (χ4v) is 3.18. The van der Waals surface area contributed by atoms with Crippen LogP contribution in [0.25, 0.3) is 0 Å². The molecule has 1 aliphatic carbocycles. The van der Waals surface area contributed by atoms with Gasteiger partial charge in [-0.15, -0.1) is 0 Å². The van der Waals surface area contributed by atoms with Gasteiger partial charge in [0.1, 0.15) is 0 Å².